The van der Waals surface area contributed by atoms with Crippen LogP contribution in [0, 0.1) is 3.57 Å². The highest BCUT2D eigenvalue weighted by atomic mass is 127. The van der Waals surface area contributed by atoms with E-state index in [1.165, 1.54) is 14.0 Å². The van der Waals surface area contributed by atoms with Crippen molar-refractivity contribution < 1.29 is 23.8 Å². The molecule has 144 valence electrons. The van der Waals surface area contributed by atoms with Crippen LogP contribution in [-0.4, -0.2) is 24.9 Å². The van der Waals surface area contributed by atoms with Gasteiger partial charge in [-0.3, -0.25) is 4.79 Å². The van der Waals surface area contributed by atoms with E-state index in [4.69, 9.17) is 25.8 Å². The maximum Gasteiger partial charge on any atom is 0.363 e. The number of methoxy groups -OCH3 is 1. The van der Waals surface area contributed by atoms with Gasteiger partial charge < -0.3 is 14.2 Å². The Morgan fingerprint density at radius 3 is 2.75 bits per heavy atom. The summed E-state index contributed by atoms with van der Waals surface area (Å²) in [6.45, 7) is 1.29. The molecule has 0 fully saturated rings. The van der Waals surface area contributed by atoms with Crippen LogP contribution >= 0.6 is 50.1 Å². The molecule has 2 aromatic rings. The number of cyclic esters (lactones) is 1. The van der Waals surface area contributed by atoms with Gasteiger partial charge in [0.05, 0.1) is 22.2 Å². The van der Waals surface area contributed by atoms with Gasteiger partial charge in [0, 0.05) is 10.5 Å². The van der Waals surface area contributed by atoms with Gasteiger partial charge in [-0.2, -0.15) is 0 Å². The van der Waals surface area contributed by atoms with E-state index in [0.717, 1.165) is 3.57 Å². The first kappa shape index (κ1) is 20.8. The summed E-state index contributed by atoms with van der Waals surface area (Å²) in [5.74, 6) is -0.354. The zero-order valence-corrected chi connectivity index (χ0v) is 19.1. The number of ether oxygens (including phenoxy) is 3. The number of carbonyl (C=O) groups excluding carboxylic acids is 2. The molecular weight excluding hydrogens is 564 g/mol. The van der Waals surface area contributed by atoms with E-state index in [9.17, 15) is 9.59 Å². The van der Waals surface area contributed by atoms with Crippen molar-refractivity contribution in [3.8, 4) is 11.5 Å². The summed E-state index contributed by atoms with van der Waals surface area (Å²) in [6.07, 6.45) is 1.54. The molecule has 0 N–H and O–H groups in total. The second-order valence-corrected chi connectivity index (χ2v) is 8.10. The number of benzene rings is 2. The third-order valence-electron chi connectivity index (χ3n) is 3.58. The summed E-state index contributed by atoms with van der Waals surface area (Å²) in [5.41, 5.74) is 1.25. The predicted molar refractivity (Wildman–Crippen MR) is 117 cm³/mol. The number of carbonyl (C=O) groups is 2. The van der Waals surface area contributed by atoms with Gasteiger partial charge in [0.15, 0.2) is 17.2 Å². The zero-order valence-electron chi connectivity index (χ0n) is 14.6. The van der Waals surface area contributed by atoms with Gasteiger partial charge in [0.2, 0.25) is 5.90 Å². The first-order chi connectivity index (χ1) is 13.3. The first-order valence-corrected chi connectivity index (χ1v) is 10.1. The number of nitrogens with zero attached hydrogens (tertiary/aromatic N) is 1. The minimum atomic E-state index is -0.593. The van der Waals surface area contributed by atoms with Crippen LogP contribution in [0.5, 0.6) is 11.5 Å². The number of hydrogen-bond acceptors (Lipinski definition) is 6. The Hall–Kier alpha value is -1.91. The second-order valence-electron chi connectivity index (χ2n) is 5.59. The third-order valence-corrected chi connectivity index (χ3v) is 5.17. The van der Waals surface area contributed by atoms with Crippen molar-refractivity contribution in [3.05, 3.63) is 60.2 Å². The molecule has 0 atom stereocenters. The van der Waals surface area contributed by atoms with Crippen LogP contribution in [0.4, 0.5) is 0 Å². The predicted octanol–water partition coefficient (Wildman–Crippen LogP) is 4.99. The Morgan fingerprint density at radius 2 is 2.07 bits per heavy atom. The van der Waals surface area contributed by atoms with Crippen LogP contribution in [0.2, 0.25) is 5.02 Å². The molecule has 0 radical (unpaired) electrons. The monoisotopic (exact) mass is 575 g/mol. The Kier molecular flexibility index (Phi) is 6.41. The van der Waals surface area contributed by atoms with Crippen molar-refractivity contribution in [2.24, 2.45) is 4.99 Å². The third kappa shape index (κ3) is 4.56. The van der Waals surface area contributed by atoms with E-state index in [2.05, 4.69) is 43.5 Å². The fourth-order valence-corrected chi connectivity index (χ4v) is 3.64. The molecule has 0 spiro atoms. The van der Waals surface area contributed by atoms with E-state index in [1.54, 1.807) is 30.3 Å². The molecule has 28 heavy (non-hydrogen) atoms. The quantitative estimate of drug-likeness (QED) is 0.222. The molecule has 0 saturated heterocycles. The number of hydrogen-bond donors (Lipinski definition) is 0. The smallest absolute Gasteiger partial charge is 0.363 e. The SMILES string of the molecule is COc1cc(C=C2N=C(c3cc(I)ccc3Cl)OC2=O)cc(Br)c1OC(C)=O. The molecule has 0 bridgehead atoms. The number of halogens is 3. The van der Waals surface area contributed by atoms with Gasteiger partial charge in [-0.15, -0.1) is 0 Å². The maximum absolute atomic E-state index is 12.2. The van der Waals surface area contributed by atoms with E-state index in [1.807, 2.05) is 6.07 Å². The topological polar surface area (TPSA) is 74.2 Å². The highest BCUT2D eigenvalue weighted by Crippen LogP contribution is 2.37. The summed E-state index contributed by atoms with van der Waals surface area (Å²) in [7, 11) is 1.45. The molecule has 0 aliphatic carbocycles. The second kappa shape index (κ2) is 8.62. The molecule has 0 amide bonds. The summed E-state index contributed by atoms with van der Waals surface area (Å²) in [4.78, 5) is 27.8. The number of esters is 2. The lowest BCUT2D eigenvalue weighted by Crippen LogP contribution is -2.06. The molecule has 6 nitrogen and oxygen atoms in total. The Bertz CT molecular complexity index is 1050. The fourth-order valence-electron chi connectivity index (χ4n) is 2.41. The normalized spacial score (nSPS) is 14.7. The minimum absolute atomic E-state index is 0.110. The molecule has 2 aromatic carbocycles. The van der Waals surface area contributed by atoms with E-state index >= 15 is 0 Å². The number of rotatable bonds is 4. The molecular formula is C19H12BrClINO5. The van der Waals surface area contributed by atoms with Gasteiger partial charge in [-0.25, -0.2) is 9.79 Å². The summed E-state index contributed by atoms with van der Waals surface area (Å²) in [5, 5.41) is 0.434. The Morgan fingerprint density at radius 1 is 1.32 bits per heavy atom. The number of aliphatic imine (C=N–C) groups is 1. The van der Waals surface area contributed by atoms with E-state index in [0.29, 0.717) is 26.4 Å². The van der Waals surface area contributed by atoms with E-state index < -0.39 is 11.9 Å². The van der Waals surface area contributed by atoms with Crippen molar-refractivity contribution in [2.75, 3.05) is 7.11 Å². The minimum Gasteiger partial charge on any atom is -0.493 e. The van der Waals surface area contributed by atoms with E-state index in [-0.39, 0.29) is 17.3 Å². The molecule has 9 heteroatoms. The highest BCUT2D eigenvalue weighted by Gasteiger charge is 2.26. The van der Waals surface area contributed by atoms with Crippen LogP contribution in [-0.2, 0) is 14.3 Å². The lowest BCUT2D eigenvalue weighted by Gasteiger charge is -2.11. The molecule has 1 heterocycles. The van der Waals surface area contributed by atoms with Gasteiger partial charge >= 0.3 is 11.9 Å². The standard InChI is InChI=1S/C19H12BrClINO5/c1-9(24)27-17-13(20)5-10(7-16(17)26-2)6-15-19(25)28-18(23-15)12-8-11(22)3-4-14(12)21/h3-8H,1-2H3. The molecule has 0 unspecified atom stereocenters. The van der Waals surface area contributed by atoms with Crippen LogP contribution in [0.1, 0.15) is 18.1 Å². The van der Waals surface area contributed by atoms with Crippen LogP contribution < -0.4 is 9.47 Å². The van der Waals surface area contributed by atoms with Crippen LogP contribution in [0.15, 0.2) is 45.5 Å². The average molecular weight is 577 g/mol. The molecule has 1 aliphatic heterocycles. The summed E-state index contributed by atoms with van der Waals surface area (Å²) in [6, 6.07) is 8.63. The largest absolute Gasteiger partial charge is 0.493 e. The van der Waals surface area contributed by atoms with Crippen molar-refractivity contribution in [3.63, 3.8) is 0 Å². The molecule has 1 aliphatic rings. The zero-order chi connectivity index (χ0) is 20.4. The Labute approximate surface area is 187 Å². The lowest BCUT2D eigenvalue weighted by molar-refractivity contribution is -0.132. The van der Waals surface area contributed by atoms with Crippen molar-refractivity contribution in [1.29, 1.82) is 0 Å². The van der Waals surface area contributed by atoms with Crippen molar-refractivity contribution >= 4 is 74.0 Å². The van der Waals surface area contributed by atoms with Gasteiger partial charge in [-0.1, -0.05) is 11.6 Å². The average Bonchev–Trinajstić information content (AvgIpc) is 2.99. The van der Waals surface area contributed by atoms with Gasteiger partial charge in [-0.05, 0) is 80.5 Å². The van der Waals surface area contributed by atoms with Crippen molar-refractivity contribution in [1.82, 2.24) is 0 Å². The summed E-state index contributed by atoms with van der Waals surface area (Å²) < 4.78 is 17.1. The van der Waals surface area contributed by atoms with Crippen molar-refractivity contribution in [2.45, 2.75) is 6.92 Å². The summed E-state index contributed by atoms with van der Waals surface area (Å²) >= 11 is 11.7. The van der Waals surface area contributed by atoms with Gasteiger partial charge in [0.1, 0.15) is 0 Å². The molecule has 0 saturated carbocycles. The highest BCUT2D eigenvalue weighted by molar-refractivity contribution is 14.1. The molecule has 3 rings (SSSR count). The van der Waals surface area contributed by atoms with Crippen LogP contribution in [0.25, 0.3) is 6.08 Å². The molecule has 0 aromatic heterocycles. The van der Waals surface area contributed by atoms with Crippen LogP contribution in [0.3, 0.4) is 0 Å². The Balaban J connectivity index is 2.00. The van der Waals surface area contributed by atoms with Gasteiger partial charge in [0.25, 0.3) is 0 Å². The maximum atomic E-state index is 12.2. The fraction of sp³-hybridized carbons (Fsp3) is 0.105. The first-order valence-electron chi connectivity index (χ1n) is 7.82. The lowest BCUT2D eigenvalue weighted by atomic mass is 10.1.